The molecule has 0 unspecified atom stereocenters. The monoisotopic (exact) mass is 310 g/mol. The highest BCUT2D eigenvalue weighted by molar-refractivity contribution is 5.79. The van der Waals surface area contributed by atoms with Crippen LogP contribution >= 0.6 is 0 Å². The number of alkyl carbamates (subject to hydrolysis) is 1. The van der Waals surface area contributed by atoms with E-state index in [1.165, 1.54) is 29.2 Å². The summed E-state index contributed by atoms with van der Waals surface area (Å²) in [6.45, 7) is 1.71. The summed E-state index contributed by atoms with van der Waals surface area (Å²) in [5.41, 5.74) is 4.72. The maximum Gasteiger partial charge on any atom is 0.408 e. The van der Waals surface area contributed by atoms with Crippen LogP contribution in [0.5, 0.6) is 0 Å². The highest BCUT2D eigenvalue weighted by Gasteiger charge is 2.28. The third-order valence-electron chi connectivity index (χ3n) is 3.91. The highest BCUT2D eigenvalue weighted by Crippen LogP contribution is 2.44. The zero-order chi connectivity index (χ0) is 16.2. The molecule has 23 heavy (non-hydrogen) atoms. The van der Waals surface area contributed by atoms with Gasteiger partial charge in [0, 0.05) is 12.8 Å². The predicted molar refractivity (Wildman–Crippen MR) is 86.9 cm³/mol. The van der Waals surface area contributed by atoms with Gasteiger partial charge in [-0.15, -0.1) is 0 Å². The maximum atomic E-state index is 11.7. The van der Waals surface area contributed by atoms with Crippen molar-refractivity contribution in [2.45, 2.75) is 12.8 Å². The van der Waals surface area contributed by atoms with Crippen molar-refractivity contribution in [3.05, 3.63) is 59.7 Å². The summed E-state index contributed by atoms with van der Waals surface area (Å²) >= 11 is 0. The topological polar surface area (TPSA) is 67.4 Å². The number of hydrogen-bond donors (Lipinski definition) is 2. The summed E-state index contributed by atoms with van der Waals surface area (Å²) in [6.07, 6.45) is -0.541. The summed E-state index contributed by atoms with van der Waals surface area (Å²) in [5.74, 6) is -0.169. The molecule has 0 aromatic heterocycles. The van der Waals surface area contributed by atoms with E-state index < -0.39 is 6.09 Å². The van der Waals surface area contributed by atoms with E-state index in [9.17, 15) is 9.59 Å². The van der Waals surface area contributed by atoms with E-state index in [1.807, 2.05) is 24.3 Å². The second-order valence-electron chi connectivity index (χ2n) is 5.41. The van der Waals surface area contributed by atoms with Crippen molar-refractivity contribution in [2.24, 2.45) is 0 Å². The molecule has 1 aliphatic carbocycles. The van der Waals surface area contributed by atoms with Crippen LogP contribution in [-0.4, -0.2) is 25.3 Å². The average molecular weight is 310 g/mol. The van der Waals surface area contributed by atoms with Crippen LogP contribution in [0.3, 0.4) is 0 Å². The fraction of sp³-hybridized carbons (Fsp3) is 0.222. The molecule has 0 atom stereocenters. The third kappa shape index (κ3) is 3.18. The number of nitrogens with one attached hydrogen (secondary N) is 2. The van der Waals surface area contributed by atoms with Gasteiger partial charge in [0.1, 0.15) is 6.61 Å². The molecule has 118 valence electrons. The van der Waals surface area contributed by atoms with Gasteiger partial charge in [0.25, 0.3) is 0 Å². The van der Waals surface area contributed by atoms with Gasteiger partial charge in [0.15, 0.2) is 0 Å². The zero-order valence-electron chi connectivity index (χ0n) is 12.8. The number of carbonyl (C=O) groups excluding carboxylic acids is 2. The Morgan fingerprint density at radius 1 is 0.957 bits per heavy atom. The first-order valence-corrected chi connectivity index (χ1v) is 7.50. The van der Waals surface area contributed by atoms with Gasteiger partial charge in [-0.05, 0) is 22.3 Å². The molecule has 3 rings (SSSR count). The molecule has 1 aliphatic rings. The summed E-state index contributed by atoms with van der Waals surface area (Å²) < 4.78 is 5.32. The molecule has 0 spiro atoms. The van der Waals surface area contributed by atoms with Gasteiger partial charge in [0.05, 0.1) is 6.67 Å². The third-order valence-corrected chi connectivity index (χ3v) is 3.91. The number of rotatable bonds is 4. The lowest BCUT2D eigenvalue weighted by atomic mass is 9.98. The van der Waals surface area contributed by atoms with E-state index in [0.29, 0.717) is 0 Å². The van der Waals surface area contributed by atoms with Crippen LogP contribution in [-0.2, 0) is 9.53 Å². The van der Waals surface area contributed by atoms with Crippen molar-refractivity contribution in [1.82, 2.24) is 10.6 Å². The minimum absolute atomic E-state index is 0.0360. The molecule has 0 saturated carbocycles. The molecule has 0 radical (unpaired) electrons. The van der Waals surface area contributed by atoms with Crippen molar-refractivity contribution in [3.8, 4) is 11.1 Å². The standard InChI is InChI=1S/C18H18N2O3/c1-12(21)19-11-20-18(22)23-10-17-15-8-4-2-6-13(15)14-7-3-5-9-16(14)17/h2-9,17H,10-11H2,1H3,(H,19,21)(H,20,22). The first-order valence-electron chi connectivity index (χ1n) is 7.50. The van der Waals surface area contributed by atoms with E-state index >= 15 is 0 Å². The number of hydrogen-bond acceptors (Lipinski definition) is 3. The van der Waals surface area contributed by atoms with Crippen molar-refractivity contribution >= 4 is 12.0 Å². The lowest BCUT2D eigenvalue weighted by Crippen LogP contribution is -2.36. The first kappa shape index (κ1) is 15.1. The Kier molecular flexibility index (Phi) is 4.28. The second-order valence-corrected chi connectivity index (χ2v) is 5.41. The Balaban J connectivity index is 1.69. The fourth-order valence-corrected chi connectivity index (χ4v) is 2.89. The van der Waals surface area contributed by atoms with E-state index in [-0.39, 0.29) is 25.1 Å². The Labute approximate surface area is 134 Å². The van der Waals surface area contributed by atoms with Crippen LogP contribution in [0.15, 0.2) is 48.5 Å². The minimum Gasteiger partial charge on any atom is -0.449 e. The Bertz CT molecular complexity index is 697. The molecule has 2 N–H and O–H groups in total. The normalized spacial score (nSPS) is 12.2. The van der Waals surface area contributed by atoms with E-state index in [2.05, 4.69) is 34.9 Å². The minimum atomic E-state index is -0.541. The lowest BCUT2D eigenvalue weighted by molar-refractivity contribution is -0.119. The van der Waals surface area contributed by atoms with E-state index in [0.717, 1.165) is 0 Å². The quantitative estimate of drug-likeness (QED) is 0.853. The van der Waals surface area contributed by atoms with Gasteiger partial charge in [-0.25, -0.2) is 4.79 Å². The van der Waals surface area contributed by atoms with Crippen LogP contribution < -0.4 is 10.6 Å². The molecule has 2 aromatic rings. The van der Waals surface area contributed by atoms with Crippen LogP contribution in [0.1, 0.15) is 24.0 Å². The molecule has 0 aliphatic heterocycles. The Morgan fingerprint density at radius 2 is 1.52 bits per heavy atom. The Hall–Kier alpha value is -2.82. The van der Waals surface area contributed by atoms with Crippen molar-refractivity contribution in [2.75, 3.05) is 13.3 Å². The van der Waals surface area contributed by atoms with E-state index in [1.54, 1.807) is 0 Å². The molecule has 5 nitrogen and oxygen atoms in total. The van der Waals surface area contributed by atoms with Gasteiger partial charge in [-0.3, -0.25) is 4.79 Å². The maximum absolute atomic E-state index is 11.7. The zero-order valence-corrected chi connectivity index (χ0v) is 12.8. The van der Waals surface area contributed by atoms with E-state index in [4.69, 9.17) is 4.74 Å². The van der Waals surface area contributed by atoms with Crippen LogP contribution in [0.4, 0.5) is 4.79 Å². The molecule has 2 amide bonds. The van der Waals surface area contributed by atoms with Crippen molar-refractivity contribution < 1.29 is 14.3 Å². The molecule has 5 heteroatoms. The number of ether oxygens (including phenoxy) is 1. The van der Waals surface area contributed by atoms with Gasteiger partial charge < -0.3 is 15.4 Å². The van der Waals surface area contributed by atoms with Gasteiger partial charge in [-0.2, -0.15) is 0 Å². The first-order chi connectivity index (χ1) is 11.2. The Morgan fingerprint density at radius 3 is 2.09 bits per heavy atom. The molecular weight excluding hydrogens is 292 g/mol. The van der Waals surface area contributed by atoms with Crippen molar-refractivity contribution in [1.29, 1.82) is 0 Å². The number of carbonyl (C=O) groups is 2. The largest absolute Gasteiger partial charge is 0.449 e. The summed E-state index contributed by atoms with van der Waals surface area (Å²) in [6, 6.07) is 16.3. The van der Waals surface area contributed by atoms with Crippen molar-refractivity contribution in [3.63, 3.8) is 0 Å². The van der Waals surface area contributed by atoms with Gasteiger partial charge >= 0.3 is 6.09 Å². The molecule has 0 bridgehead atoms. The summed E-state index contributed by atoms with van der Waals surface area (Å²) in [4.78, 5) is 22.5. The number of amides is 2. The summed E-state index contributed by atoms with van der Waals surface area (Å²) in [7, 11) is 0. The molecule has 2 aromatic carbocycles. The van der Waals surface area contributed by atoms with Crippen LogP contribution in [0, 0.1) is 0 Å². The molecular formula is C18H18N2O3. The van der Waals surface area contributed by atoms with Gasteiger partial charge in [0.2, 0.25) is 5.91 Å². The predicted octanol–water partition coefficient (Wildman–Crippen LogP) is 2.62. The molecule has 0 saturated heterocycles. The molecule has 0 heterocycles. The smallest absolute Gasteiger partial charge is 0.408 e. The number of benzene rings is 2. The van der Waals surface area contributed by atoms with Crippen LogP contribution in [0.25, 0.3) is 11.1 Å². The second kappa shape index (κ2) is 6.52. The fourth-order valence-electron chi connectivity index (χ4n) is 2.89. The molecule has 0 fully saturated rings. The number of fused-ring (bicyclic) bond motifs is 3. The highest BCUT2D eigenvalue weighted by atomic mass is 16.5. The van der Waals surface area contributed by atoms with Crippen LogP contribution in [0.2, 0.25) is 0 Å². The summed E-state index contributed by atoms with van der Waals surface area (Å²) in [5, 5.41) is 4.98. The van der Waals surface area contributed by atoms with Gasteiger partial charge in [-0.1, -0.05) is 48.5 Å². The SMILES string of the molecule is CC(=O)NCNC(=O)OCC1c2ccccc2-c2ccccc21. The lowest BCUT2D eigenvalue weighted by Gasteiger charge is -2.14. The average Bonchev–Trinajstić information content (AvgIpc) is 2.87.